The van der Waals surface area contributed by atoms with Gasteiger partial charge in [0.1, 0.15) is 5.82 Å². The average molecular weight is 280 g/mol. The summed E-state index contributed by atoms with van der Waals surface area (Å²) < 4.78 is 1.91. The van der Waals surface area contributed by atoms with Crippen molar-refractivity contribution in [1.82, 2.24) is 9.78 Å². The van der Waals surface area contributed by atoms with E-state index in [9.17, 15) is 5.11 Å². The predicted molar refractivity (Wildman–Crippen MR) is 82.9 cm³/mol. The van der Waals surface area contributed by atoms with E-state index in [2.05, 4.69) is 24.3 Å². The number of nitrogens with one attached hydrogen (secondary N) is 1. The Bertz CT molecular complexity index is 445. The molecule has 1 heterocycles. The Morgan fingerprint density at radius 1 is 1.30 bits per heavy atom. The smallest absolute Gasteiger partial charge is 0.148 e. The number of aliphatic hydroxyl groups is 1. The lowest BCUT2D eigenvalue weighted by molar-refractivity contribution is 0.0379. The lowest BCUT2D eigenvalue weighted by Gasteiger charge is -2.27. The molecule has 0 amide bonds. The second kappa shape index (κ2) is 6.04. The van der Waals surface area contributed by atoms with Crippen LogP contribution in [0, 0.1) is 6.92 Å². The molecule has 0 radical (unpaired) electrons. The molecule has 5 nitrogen and oxygen atoms in total. The van der Waals surface area contributed by atoms with Gasteiger partial charge in [-0.1, -0.05) is 25.7 Å². The number of hydrogen-bond donors (Lipinski definition) is 3. The van der Waals surface area contributed by atoms with Crippen LogP contribution in [0.4, 0.5) is 11.5 Å². The molecule has 1 fully saturated rings. The predicted octanol–water partition coefficient (Wildman–Crippen LogP) is 2.85. The van der Waals surface area contributed by atoms with E-state index in [-0.39, 0.29) is 6.04 Å². The first-order valence-electron chi connectivity index (χ1n) is 7.74. The van der Waals surface area contributed by atoms with Gasteiger partial charge in [0, 0.05) is 12.6 Å². The Labute approximate surface area is 121 Å². The zero-order chi connectivity index (χ0) is 14.8. The Hall–Kier alpha value is -1.23. The van der Waals surface area contributed by atoms with E-state index in [1.807, 2.05) is 11.6 Å². The number of aromatic nitrogens is 2. The van der Waals surface area contributed by atoms with Crippen molar-refractivity contribution in [3.05, 3.63) is 5.69 Å². The largest absolute Gasteiger partial charge is 0.394 e. The molecular weight excluding hydrogens is 252 g/mol. The molecule has 1 aliphatic rings. The molecule has 5 heteroatoms. The van der Waals surface area contributed by atoms with Gasteiger partial charge in [-0.25, -0.2) is 4.68 Å². The van der Waals surface area contributed by atoms with Crippen molar-refractivity contribution in [3.8, 4) is 0 Å². The van der Waals surface area contributed by atoms with E-state index < -0.39 is 5.60 Å². The molecule has 1 saturated carbocycles. The Balaban J connectivity index is 2.10. The maximum absolute atomic E-state index is 10.7. The molecule has 1 aliphatic carbocycles. The first-order valence-corrected chi connectivity index (χ1v) is 7.74. The van der Waals surface area contributed by atoms with Crippen molar-refractivity contribution in [3.63, 3.8) is 0 Å². The molecule has 20 heavy (non-hydrogen) atoms. The lowest BCUT2D eigenvalue weighted by atomic mass is 9.94. The Kier molecular flexibility index (Phi) is 4.58. The van der Waals surface area contributed by atoms with Crippen molar-refractivity contribution in [2.45, 2.75) is 70.9 Å². The Morgan fingerprint density at radius 3 is 2.45 bits per heavy atom. The fourth-order valence-corrected chi connectivity index (χ4v) is 2.92. The second-order valence-corrected chi connectivity index (χ2v) is 6.38. The summed E-state index contributed by atoms with van der Waals surface area (Å²) in [4.78, 5) is 0. The van der Waals surface area contributed by atoms with E-state index >= 15 is 0 Å². The first kappa shape index (κ1) is 15.2. The van der Waals surface area contributed by atoms with Crippen LogP contribution in [-0.4, -0.2) is 27.0 Å². The molecule has 4 N–H and O–H groups in total. The van der Waals surface area contributed by atoms with Crippen LogP contribution in [0.25, 0.3) is 0 Å². The summed E-state index contributed by atoms with van der Waals surface area (Å²) in [6.07, 6.45) is 6.41. The summed E-state index contributed by atoms with van der Waals surface area (Å²) >= 11 is 0. The van der Waals surface area contributed by atoms with Gasteiger partial charge in [-0.3, -0.25) is 0 Å². The summed E-state index contributed by atoms with van der Waals surface area (Å²) in [5, 5.41) is 18.5. The number of nitrogens with zero attached hydrogens (tertiary/aromatic N) is 2. The van der Waals surface area contributed by atoms with E-state index in [4.69, 9.17) is 5.73 Å². The number of rotatable bonds is 4. The highest BCUT2D eigenvalue weighted by Crippen LogP contribution is 2.30. The minimum Gasteiger partial charge on any atom is -0.394 e. The molecule has 0 aromatic carbocycles. The van der Waals surface area contributed by atoms with Gasteiger partial charge in [-0.15, -0.1) is 0 Å². The molecule has 2 rings (SSSR count). The molecule has 1 aromatic heterocycles. The molecule has 114 valence electrons. The molecule has 0 unspecified atom stereocenters. The topological polar surface area (TPSA) is 76.1 Å². The summed E-state index contributed by atoms with van der Waals surface area (Å²) in [6, 6.07) is 0.247. The van der Waals surface area contributed by atoms with Crippen molar-refractivity contribution >= 4 is 11.5 Å². The highest BCUT2D eigenvalue weighted by Gasteiger charge is 2.28. The first-order chi connectivity index (χ1) is 9.43. The number of nitrogens with two attached hydrogens (primary N) is 1. The van der Waals surface area contributed by atoms with E-state index in [0.717, 1.165) is 37.2 Å². The fourth-order valence-electron chi connectivity index (χ4n) is 2.92. The summed E-state index contributed by atoms with van der Waals surface area (Å²) in [7, 11) is 0. The maximum atomic E-state index is 10.7. The third-order valence-corrected chi connectivity index (χ3v) is 4.24. The second-order valence-electron chi connectivity index (χ2n) is 6.38. The van der Waals surface area contributed by atoms with E-state index in [1.165, 1.54) is 12.8 Å². The zero-order valence-electron chi connectivity index (χ0n) is 12.9. The Morgan fingerprint density at radius 2 is 1.90 bits per heavy atom. The van der Waals surface area contributed by atoms with Crippen molar-refractivity contribution in [2.24, 2.45) is 0 Å². The van der Waals surface area contributed by atoms with Crippen molar-refractivity contribution in [1.29, 1.82) is 0 Å². The van der Waals surface area contributed by atoms with Gasteiger partial charge < -0.3 is 16.2 Å². The van der Waals surface area contributed by atoms with Crippen LogP contribution in [0.3, 0.4) is 0 Å². The standard InChI is InChI=1S/C15H28N4O/c1-11(2)19-14(13(16)12(3)18-19)17-10-15(20)8-6-4-5-7-9-15/h11,17,20H,4-10,16H2,1-3H3. The van der Waals surface area contributed by atoms with E-state index in [1.54, 1.807) is 0 Å². The van der Waals surface area contributed by atoms with Gasteiger partial charge in [0.2, 0.25) is 0 Å². The SMILES string of the molecule is Cc1nn(C(C)C)c(NCC2(O)CCCCCC2)c1N. The summed E-state index contributed by atoms with van der Waals surface area (Å²) in [5.41, 5.74) is 7.03. The number of hydrogen-bond acceptors (Lipinski definition) is 4. The van der Waals surface area contributed by atoms with Gasteiger partial charge in [0.15, 0.2) is 0 Å². The monoisotopic (exact) mass is 280 g/mol. The molecular formula is C15H28N4O. The van der Waals surface area contributed by atoms with Crippen LogP contribution < -0.4 is 11.1 Å². The summed E-state index contributed by atoms with van der Waals surface area (Å²) in [5.74, 6) is 0.843. The van der Waals surface area contributed by atoms with Gasteiger partial charge in [0.05, 0.1) is 17.0 Å². The highest BCUT2D eigenvalue weighted by molar-refractivity contribution is 5.65. The minimum atomic E-state index is -0.608. The molecule has 1 aromatic rings. The van der Waals surface area contributed by atoms with Crippen LogP contribution in [0.15, 0.2) is 0 Å². The van der Waals surface area contributed by atoms with Crippen molar-refractivity contribution in [2.75, 3.05) is 17.6 Å². The van der Waals surface area contributed by atoms with Gasteiger partial charge in [-0.05, 0) is 33.6 Å². The number of aryl methyl sites for hydroxylation is 1. The number of nitrogen functional groups attached to an aromatic ring is 1. The highest BCUT2D eigenvalue weighted by atomic mass is 16.3. The molecule has 0 spiro atoms. The fraction of sp³-hybridized carbons (Fsp3) is 0.800. The quantitative estimate of drug-likeness (QED) is 0.741. The third kappa shape index (κ3) is 3.26. The van der Waals surface area contributed by atoms with Crippen LogP contribution in [0.5, 0.6) is 0 Å². The molecule has 0 atom stereocenters. The van der Waals surface area contributed by atoms with Crippen LogP contribution in [0.1, 0.15) is 64.1 Å². The van der Waals surface area contributed by atoms with Gasteiger partial charge in [-0.2, -0.15) is 5.10 Å². The summed E-state index contributed by atoms with van der Waals surface area (Å²) in [6.45, 7) is 6.63. The normalized spacial score (nSPS) is 19.1. The van der Waals surface area contributed by atoms with Crippen LogP contribution >= 0.6 is 0 Å². The molecule has 0 aliphatic heterocycles. The lowest BCUT2D eigenvalue weighted by Crippen LogP contribution is -2.37. The molecule has 0 bridgehead atoms. The van der Waals surface area contributed by atoms with Crippen molar-refractivity contribution < 1.29 is 5.11 Å². The van der Waals surface area contributed by atoms with Gasteiger partial charge in [0.25, 0.3) is 0 Å². The number of anilines is 2. The van der Waals surface area contributed by atoms with Crippen LogP contribution in [-0.2, 0) is 0 Å². The molecule has 0 saturated heterocycles. The zero-order valence-corrected chi connectivity index (χ0v) is 12.9. The minimum absolute atomic E-state index is 0.247. The van der Waals surface area contributed by atoms with Gasteiger partial charge >= 0.3 is 0 Å². The van der Waals surface area contributed by atoms with Crippen LogP contribution in [0.2, 0.25) is 0 Å². The maximum Gasteiger partial charge on any atom is 0.148 e. The average Bonchev–Trinajstić information content (AvgIpc) is 2.57. The third-order valence-electron chi connectivity index (χ3n) is 4.24. The van der Waals surface area contributed by atoms with E-state index in [0.29, 0.717) is 12.2 Å².